The summed E-state index contributed by atoms with van der Waals surface area (Å²) in [6.45, 7) is 0. The third-order valence-corrected chi connectivity index (χ3v) is 6.30. The molecule has 0 saturated heterocycles. The summed E-state index contributed by atoms with van der Waals surface area (Å²) in [6, 6.07) is 26.3. The van der Waals surface area contributed by atoms with Gasteiger partial charge in [0.2, 0.25) is 0 Å². The number of benzene rings is 4. The summed E-state index contributed by atoms with van der Waals surface area (Å²) in [7, 11) is 0. The van der Waals surface area contributed by atoms with Gasteiger partial charge in [-0.1, -0.05) is 60.7 Å². The van der Waals surface area contributed by atoms with E-state index >= 15 is 0 Å². The van der Waals surface area contributed by atoms with Crippen LogP contribution in [0.15, 0.2) is 84.9 Å². The lowest BCUT2D eigenvalue weighted by Gasteiger charge is -2.13. The molecule has 7 rings (SSSR count). The Labute approximate surface area is 185 Å². The molecule has 3 aromatic heterocycles. The van der Waals surface area contributed by atoms with E-state index in [1.165, 1.54) is 0 Å². The Kier molecular flexibility index (Phi) is 3.45. The third kappa shape index (κ3) is 2.52. The van der Waals surface area contributed by atoms with Crippen LogP contribution in [0.4, 0.5) is 13.2 Å². The van der Waals surface area contributed by atoms with Crippen LogP contribution in [0.1, 0.15) is 5.69 Å². The van der Waals surface area contributed by atoms with Gasteiger partial charge in [0.1, 0.15) is 5.69 Å². The van der Waals surface area contributed by atoms with Crippen molar-refractivity contribution in [1.29, 1.82) is 0 Å². The summed E-state index contributed by atoms with van der Waals surface area (Å²) in [5.41, 5.74) is 1.64. The molecule has 33 heavy (non-hydrogen) atoms. The molecule has 0 aliphatic rings. The first-order valence-corrected chi connectivity index (χ1v) is 10.5. The fourth-order valence-electron chi connectivity index (χ4n) is 4.92. The summed E-state index contributed by atoms with van der Waals surface area (Å²) in [5.74, 6) is 0. The number of aromatic nitrogens is 3. The third-order valence-electron chi connectivity index (χ3n) is 6.30. The van der Waals surface area contributed by atoms with Gasteiger partial charge >= 0.3 is 6.18 Å². The minimum absolute atomic E-state index is 0.163. The van der Waals surface area contributed by atoms with E-state index in [2.05, 4.69) is 9.97 Å². The molecule has 4 aromatic carbocycles. The lowest BCUT2D eigenvalue weighted by Crippen LogP contribution is -2.12. The largest absolute Gasteiger partial charge is 0.435 e. The van der Waals surface area contributed by atoms with Gasteiger partial charge < -0.3 is 4.40 Å². The SMILES string of the molecule is FC(F)(F)c1nc2cc3ccccc3cc2nc1-c1cc2cccc3c4ccccc4n1c23. The van der Waals surface area contributed by atoms with Crippen LogP contribution in [0, 0.1) is 0 Å². The van der Waals surface area contributed by atoms with Gasteiger partial charge in [0.25, 0.3) is 0 Å². The lowest BCUT2D eigenvalue weighted by atomic mass is 10.1. The molecule has 0 aliphatic heterocycles. The number of nitrogens with zero attached hydrogens (tertiary/aromatic N) is 3. The van der Waals surface area contributed by atoms with Crippen LogP contribution >= 0.6 is 0 Å². The Balaban J connectivity index is 1.65. The number of hydrogen-bond donors (Lipinski definition) is 0. The van der Waals surface area contributed by atoms with E-state index < -0.39 is 11.9 Å². The quantitative estimate of drug-likeness (QED) is 0.250. The highest BCUT2D eigenvalue weighted by Gasteiger charge is 2.38. The minimum atomic E-state index is -4.65. The van der Waals surface area contributed by atoms with Crippen LogP contribution < -0.4 is 0 Å². The maximum Gasteiger partial charge on any atom is 0.435 e. The second kappa shape index (κ2) is 6.19. The van der Waals surface area contributed by atoms with E-state index in [1.54, 1.807) is 18.2 Å². The van der Waals surface area contributed by atoms with Gasteiger partial charge in [-0.25, -0.2) is 9.97 Å². The predicted octanol–water partition coefficient (Wildman–Crippen LogP) is 7.47. The number of fused-ring (bicyclic) bond motifs is 5. The number of halogens is 3. The normalized spacial score (nSPS) is 12.7. The maximum absolute atomic E-state index is 14.3. The first-order valence-electron chi connectivity index (χ1n) is 10.5. The van der Waals surface area contributed by atoms with Crippen molar-refractivity contribution in [2.45, 2.75) is 6.18 Å². The lowest BCUT2D eigenvalue weighted by molar-refractivity contribution is -0.140. The number of alkyl halides is 3. The summed E-state index contributed by atoms with van der Waals surface area (Å²) in [6.07, 6.45) is -4.65. The van der Waals surface area contributed by atoms with Crippen molar-refractivity contribution in [3.05, 3.63) is 90.6 Å². The van der Waals surface area contributed by atoms with Crippen LogP contribution in [0.3, 0.4) is 0 Å². The Morgan fingerprint density at radius 2 is 1.27 bits per heavy atom. The van der Waals surface area contributed by atoms with Gasteiger partial charge in [-0.15, -0.1) is 0 Å². The zero-order valence-electron chi connectivity index (χ0n) is 17.1. The Morgan fingerprint density at radius 3 is 2.03 bits per heavy atom. The van der Waals surface area contributed by atoms with Gasteiger partial charge in [-0.2, -0.15) is 13.2 Å². The fourth-order valence-corrected chi connectivity index (χ4v) is 4.92. The zero-order valence-corrected chi connectivity index (χ0v) is 17.1. The summed E-state index contributed by atoms with van der Waals surface area (Å²) >= 11 is 0. The molecule has 0 radical (unpaired) electrons. The van der Waals surface area contributed by atoms with Crippen LogP contribution in [0.25, 0.3) is 60.4 Å². The molecule has 3 nitrogen and oxygen atoms in total. The fraction of sp³-hybridized carbons (Fsp3) is 0.0370. The van der Waals surface area contributed by atoms with E-state index in [4.69, 9.17) is 0 Å². The van der Waals surface area contributed by atoms with Gasteiger partial charge in [0, 0.05) is 16.2 Å². The number of para-hydroxylation sites is 2. The van der Waals surface area contributed by atoms with Crippen molar-refractivity contribution in [3.8, 4) is 11.4 Å². The monoisotopic (exact) mass is 437 g/mol. The minimum Gasteiger partial charge on any atom is -0.306 e. The Hall–Kier alpha value is -4.19. The van der Waals surface area contributed by atoms with Crippen LogP contribution in [0.5, 0.6) is 0 Å². The van der Waals surface area contributed by atoms with E-state index in [0.29, 0.717) is 11.2 Å². The van der Waals surface area contributed by atoms with Crippen molar-refractivity contribution in [2.75, 3.05) is 0 Å². The van der Waals surface area contributed by atoms with Crippen molar-refractivity contribution in [1.82, 2.24) is 14.4 Å². The molecule has 0 unspecified atom stereocenters. The zero-order chi connectivity index (χ0) is 22.3. The second-order valence-electron chi connectivity index (χ2n) is 8.23. The highest BCUT2D eigenvalue weighted by atomic mass is 19.4. The van der Waals surface area contributed by atoms with E-state index in [1.807, 2.05) is 71.1 Å². The smallest absolute Gasteiger partial charge is 0.306 e. The van der Waals surface area contributed by atoms with Crippen molar-refractivity contribution < 1.29 is 13.2 Å². The highest BCUT2D eigenvalue weighted by molar-refractivity contribution is 6.16. The molecule has 0 N–H and O–H groups in total. The molecule has 0 amide bonds. The average molecular weight is 437 g/mol. The highest BCUT2D eigenvalue weighted by Crippen LogP contribution is 2.41. The van der Waals surface area contributed by atoms with Crippen molar-refractivity contribution >= 4 is 49.0 Å². The predicted molar refractivity (Wildman–Crippen MR) is 125 cm³/mol. The summed E-state index contributed by atoms with van der Waals surface area (Å²) in [5, 5.41) is 4.59. The molecule has 3 heterocycles. The standard InChI is InChI=1S/C27H14F3N3/c28-27(29,30)26-24(31-20-12-15-6-1-2-7-16(15)13-21(20)32-26)23-14-17-8-5-10-19-18-9-3-4-11-22(18)33(23)25(17)19/h1-14H. The molecular weight excluding hydrogens is 423 g/mol. The Bertz CT molecular complexity index is 1860. The number of rotatable bonds is 1. The Morgan fingerprint density at radius 1 is 0.636 bits per heavy atom. The summed E-state index contributed by atoms with van der Waals surface area (Å²) < 4.78 is 44.7. The van der Waals surface area contributed by atoms with Crippen molar-refractivity contribution in [2.24, 2.45) is 0 Å². The van der Waals surface area contributed by atoms with E-state index in [0.717, 1.165) is 38.0 Å². The van der Waals surface area contributed by atoms with Crippen LogP contribution in [-0.4, -0.2) is 14.4 Å². The van der Waals surface area contributed by atoms with Gasteiger partial charge in [-0.05, 0) is 35.0 Å². The maximum atomic E-state index is 14.3. The van der Waals surface area contributed by atoms with Gasteiger partial charge in [-0.3, -0.25) is 0 Å². The van der Waals surface area contributed by atoms with E-state index in [-0.39, 0.29) is 11.2 Å². The molecule has 0 spiro atoms. The van der Waals surface area contributed by atoms with Crippen LogP contribution in [0.2, 0.25) is 0 Å². The molecule has 7 aromatic rings. The topological polar surface area (TPSA) is 30.2 Å². The van der Waals surface area contributed by atoms with Crippen LogP contribution in [-0.2, 0) is 6.18 Å². The molecule has 0 fully saturated rings. The molecule has 0 saturated carbocycles. The molecule has 6 heteroatoms. The average Bonchev–Trinajstić information content (AvgIpc) is 3.36. The van der Waals surface area contributed by atoms with Gasteiger partial charge in [0.05, 0.1) is 27.8 Å². The molecule has 0 aliphatic carbocycles. The molecule has 0 bridgehead atoms. The van der Waals surface area contributed by atoms with Crippen molar-refractivity contribution in [3.63, 3.8) is 0 Å². The molecule has 0 atom stereocenters. The molecule has 158 valence electrons. The second-order valence-corrected chi connectivity index (χ2v) is 8.23. The molecular formula is C27H14F3N3. The number of hydrogen-bond acceptors (Lipinski definition) is 2. The summed E-state index contributed by atoms with van der Waals surface area (Å²) in [4.78, 5) is 8.65. The first kappa shape index (κ1) is 18.4. The first-order chi connectivity index (χ1) is 16.0. The van der Waals surface area contributed by atoms with E-state index in [9.17, 15) is 13.2 Å². The van der Waals surface area contributed by atoms with Gasteiger partial charge in [0.15, 0.2) is 5.69 Å².